The first-order valence-electron chi connectivity index (χ1n) is 7.04. The standard InChI is InChI=1S/C16H20BrClO4/c1-5-6-7-22-15(21)9-8-10(17)13(18)12(16(2,3)4)11(9)14(19)20/h8H,5-7H2,1-4H3,(H,19,20). The molecule has 0 saturated heterocycles. The molecule has 22 heavy (non-hydrogen) atoms. The van der Waals surface area contributed by atoms with Gasteiger partial charge in [0.05, 0.1) is 22.8 Å². The number of aromatic carboxylic acids is 1. The van der Waals surface area contributed by atoms with E-state index in [0.29, 0.717) is 15.1 Å². The monoisotopic (exact) mass is 390 g/mol. The third-order valence-corrected chi connectivity index (χ3v) is 4.38. The molecular formula is C16H20BrClO4. The van der Waals surface area contributed by atoms with Gasteiger partial charge in [0.2, 0.25) is 0 Å². The van der Waals surface area contributed by atoms with Crippen molar-refractivity contribution in [1.82, 2.24) is 0 Å². The van der Waals surface area contributed by atoms with Crippen molar-refractivity contribution in [2.45, 2.75) is 46.0 Å². The van der Waals surface area contributed by atoms with Gasteiger partial charge >= 0.3 is 11.9 Å². The third kappa shape index (κ3) is 4.23. The van der Waals surface area contributed by atoms with Gasteiger partial charge in [0, 0.05) is 4.47 Å². The number of unbranched alkanes of at least 4 members (excludes halogenated alkanes) is 1. The fourth-order valence-electron chi connectivity index (χ4n) is 2.10. The molecule has 0 spiro atoms. The number of halogens is 2. The van der Waals surface area contributed by atoms with E-state index in [0.717, 1.165) is 12.8 Å². The molecule has 0 radical (unpaired) electrons. The van der Waals surface area contributed by atoms with Gasteiger partial charge in [-0.25, -0.2) is 9.59 Å². The van der Waals surface area contributed by atoms with Gasteiger partial charge in [0.1, 0.15) is 0 Å². The quantitative estimate of drug-likeness (QED) is 0.563. The highest BCUT2D eigenvalue weighted by Crippen LogP contribution is 2.39. The molecule has 0 heterocycles. The van der Waals surface area contributed by atoms with E-state index >= 15 is 0 Å². The van der Waals surface area contributed by atoms with Crippen LogP contribution in [0.4, 0.5) is 0 Å². The van der Waals surface area contributed by atoms with Crippen molar-refractivity contribution in [3.8, 4) is 0 Å². The number of carboxylic acids is 1. The topological polar surface area (TPSA) is 63.6 Å². The zero-order chi connectivity index (χ0) is 17.1. The summed E-state index contributed by atoms with van der Waals surface area (Å²) >= 11 is 9.56. The number of carbonyl (C=O) groups excluding carboxylic acids is 1. The van der Waals surface area contributed by atoms with Crippen molar-refractivity contribution < 1.29 is 19.4 Å². The van der Waals surface area contributed by atoms with Gasteiger partial charge in [-0.05, 0) is 39.4 Å². The number of hydrogen-bond acceptors (Lipinski definition) is 3. The van der Waals surface area contributed by atoms with Crippen LogP contribution in [0.1, 0.15) is 66.8 Å². The Morgan fingerprint density at radius 3 is 2.41 bits per heavy atom. The number of benzene rings is 1. The maximum absolute atomic E-state index is 12.2. The van der Waals surface area contributed by atoms with Crippen molar-refractivity contribution >= 4 is 39.5 Å². The Morgan fingerprint density at radius 2 is 1.95 bits per heavy atom. The zero-order valence-electron chi connectivity index (χ0n) is 13.1. The average Bonchev–Trinajstić information content (AvgIpc) is 2.39. The number of carboxylic acid groups (broad SMARTS) is 1. The van der Waals surface area contributed by atoms with E-state index in [9.17, 15) is 14.7 Å². The molecule has 1 aromatic carbocycles. The highest BCUT2D eigenvalue weighted by Gasteiger charge is 2.31. The summed E-state index contributed by atoms with van der Waals surface area (Å²) in [5.74, 6) is -1.84. The van der Waals surface area contributed by atoms with E-state index in [4.69, 9.17) is 16.3 Å². The Hall–Kier alpha value is -1.07. The average molecular weight is 392 g/mol. The minimum atomic E-state index is -1.19. The summed E-state index contributed by atoms with van der Waals surface area (Å²) in [6, 6.07) is 1.41. The molecule has 1 rings (SSSR count). The van der Waals surface area contributed by atoms with Crippen LogP contribution in [0.3, 0.4) is 0 Å². The lowest BCUT2D eigenvalue weighted by Crippen LogP contribution is -2.22. The van der Waals surface area contributed by atoms with Crippen LogP contribution in [0.25, 0.3) is 0 Å². The summed E-state index contributed by atoms with van der Waals surface area (Å²) < 4.78 is 5.63. The van der Waals surface area contributed by atoms with Crippen LogP contribution < -0.4 is 0 Å². The van der Waals surface area contributed by atoms with Gasteiger partial charge in [-0.3, -0.25) is 0 Å². The summed E-state index contributed by atoms with van der Waals surface area (Å²) in [5.41, 5.74) is -0.196. The molecule has 0 amide bonds. The molecule has 1 aromatic rings. The number of carbonyl (C=O) groups is 2. The molecule has 4 nitrogen and oxygen atoms in total. The minimum absolute atomic E-state index is 0.0183. The lowest BCUT2D eigenvalue weighted by atomic mass is 9.82. The Balaban J connectivity index is 3.48. The normalized spacial score (nSPS) is 11.4. The van der Waals surface area contributed by atoms with Crippen LogP contribution in [0, 0.1) is 0 Å². The molecule has 0 aliphatic carbocycles. The number of hydrogen-bond donors (Lipinski definition) is 1. The smallest absolute Gasteiger partial charge is 0.339 e. The predicted molar refractivity (Wildman–Crippen MR) is 90.0 cm³/mol. The molecule has 0 aromatic heterocycles. The molecule has 0 fully saturated rings. The molecular weight excluding hydrogens is 372 g/mol. The highest BCUT2D eigenvalue weighted by atomic mass is 79.9. The molecule has 0 aliphatic rings. The molecule has 0 atom stereocenters. The van der Waals surface area contributed by atoms with E-state index in [1.54, 1.807) is 0 Å². The second-order valence-corrected chi connectivity index (χ2v) is 7.25. The first-order chi connectivity index (χ1) is 10.1. The van der Waals surface area contributed by atoms with Gasteiger partial charge in [0.15, 0.2) is 0 Å². The van der Waals surface area contributed by atoms with Crippen LogP contribution in [-0.2, 0) is 10.2 Å². The van der Waals surface area contributed by atoms with Gasteiger partial charge < -0.3 is 9.84 Å². The fourth-order valence-corrected chi connectivity index (χ4v) is 2.96. The van der Waals surface area contributed by atoms with Crippen LogP contribution in [0.5, 0.6) is 0 Å². The zero-order valence-corrected chi connectivity index (χ0v) is 15.5. The van der Waals surface area contributed by atoms with Crippen molar-refractivity contribution in [2.75, 3.05) is 6.61 Å². The largest absolute Gasteiger partial charge is 0.478 e. The Bertz CT molecular complexity index is 591. The van der Waals surface area contributed by atoms with Crippen molar-refractivity contribution in [1.29, 1.82) is 0 Å². The highest BCUT2D eigenvalue weighted by molar-refractivity contribution is 9.10. The minimum Gasteiger partial charge on any atom is -0.478 e. The molecule has 0 unspecified atom stereocenters. The molecule has 6 heteroatoms. The van der Waals surface area contributed by atoms with Gasteiger partial charge in [-0.15, -0.1) is 0 Å². The van der Waals surface area contributed by atoms with E-state index < -0.39 is 17.4 Å². The lowest BCUT2D eigenvalue weighted by Gasteiger charge is -2.25. The van der Waals surface area contributed by atoms with Crippen LogP contribution in [0.15, 0.2) is 10.5 Å². The molecule has 0 bridgehead atoms. The Kier molecular flexibility index (Phi) is 6.44. The van der Waals surface area contributed by atoms with Gasteiger partial charge in [0.25, 0.3) is 0 Å². The fraction of sp³-hybridized carbons (Fsp3) is 0.500. The maximum Gasteiger partial charge on any atom is 0.339 e. The molecule has 1 N–H and O–H groups in total. The summed E-state index contributed by atoms with van der Waals surface area (Å²) in [6.45, 7) is 7.78. The van der Waals surface area contributed by atoms with Crippen molar-refractivity contribution in [2.24, 2.45) is 0 Å². The van der Waals surface area contributed by atoms with E-state index in [1.165, 1.54) is 6.07 Å². The number of rotatable bonds is 5. The van der Waals surface area contributed by atoms with Crippen molar-refractivity contribution in [3.05, 3.63) is 32.3 Å². The SMILES string of the molecule is CCCCOC(=O)c1cc(Br)c(Cl)c(C(C)(C)C)c1C(=O)O. The van der Waals surface area contributed by atoms with Crippen LogP contribution >= 0.6 is 27.5 Å². The van der Waals surface area contributed by atoms with Crippen molar-refractivity contribution in [3.63, 3.8) is 0 Å². The first-order valence-corrected chi connectivity index (χ1v) is 8.21. The lowest BCUT2D eigenvalue weighted by molar-refractivity contribution is 0.0488. The second kappa shape index (κ2) is 7.47. The van der Waals surface area contributed by atoms with E-state index in [-0.39, 0.29) is 17.7 Å². The summed E-state index contributed by atoms with van der Waals surface area (Å²) in [5, 5.41) is 9.86. The second-order valence-electron chi connectivity index (χ2n) is 6.01. The van der Waals surface area contributed by atoms with E-state index in [2.05, 4.69) is 15.9 Å². The van der Waals surface area contributed by atoms with Crippen LogP contribution in [0.2, 0.25) is 5.02 Å². The molecule has 0 saturated carbocycles. The Labute approximate surface area is 143 Å². The van der Waals surface area contributed by atoms with Gasteiger partial charge in [-0.1, -0.05) is 45.7 Å². The summed E-state index contributed by atoms with van der Waals surface area (Å²) in [4.78, 5) is 23.9. The summed E-state index contributed by atoms with van der Waals surface area (Å²) in [6.07, 6.45) is 1.62. The third-order valence-electron chi connectivity index (χ3n) is 3.13. The molecule has 0 aliphatic heterocycles. The van der Waals surface area contributed by atoms with E-state index in [1.807, 2.05) is 27.7 Å². The number of esters is 1. The van der Waals surface area contributed by atoms with Crippen LogP contribution in [-0.4, -0.2) is 23.7 Å². The number of ether oxygens (including phenoxy) is 1. The maximum atomic E-state index is 12.2. The van der Waals surface area contributed by atoms with Gasteiger partial charge in [-0.2, -0.15) is 0 Å². The predicted octanol–water partition coefficient (Wildman–Crippen LogP) is 5.06. The molecule has 122 valence electrons. The first kappa shape index (κ1) is 19.0. The Morgan fingerprint density at radius 1 is 1.36 bits per heavy atom. The summed E-state index contributed by atoms with van der Waals surface area (Å²) in [7, 11) is 0.